The second-order valence-corrected chi connectivity index (χ2v) is 2.76. The van der Waals surface area contributed by atoms with E-state index in [1.807, 2.05) is 29.2 Å². The minimum Gasteiger partial charge on any atom is -0.471 e. The zero-order valence-electron chi connectivity index (χ0n) is 7.06. The van der Waals surface area contributed by atoms with Gasteiger partial charge in [-0.2, -0.15) is 0 Å². The number of ether oxygens (including phenoxy) is 1. The highest BCUT2D eigenvalue weighted by Crippen LogP contribution is 2.32. The molecular formula is C9H10N2O2. The van der Waals surface area contributed by atoms with Crippen LogP contribution in [0.1, 0.15) is 0 Å². The number of carbonyl (C=O) groups is 1. The molecule has 0 unspecified atom stereocenters. The van der Waals surface area contributed by atoms with Crippen LogP contribution in [0.4, 0.5) is 5.69 Å². The third kappa shape index (κ3) is 1.42. The zero-order valence-corrected chi connectivity index (χ0v) is 7.06. The molecule has 0 saturated carbocycles. The van der Waals surface area contributed by atoms with Crippen LogP contribution in [0.25, 0.3) is 0 Å². The zero-order chi connectivity index (χ0) is 9.10. The molecule has 1 aliphatic rings. The molecule has 68 valence electrons. The fourth-order valence-corrected chi connectivity index (χ4v) is 1.34. The Bertz CT molecular complexity index is 314. The lowest BCUT2D eigenvalue weighted by molar-refractivity contribution is -0.109. The number of carbonyl (C=O) groups excluding carboxylic acids is 1. The van der Waals surface area contributed by atoms with Gasteiger partial charge in [0.1, 0.15) is 5.75 Å². The quantitative estimate of drug-likeness (QED) is 0.687. The molecule has 0 atom stereocenters. The summed E-state index contributed by atoms with van der Waals surface area (Å²) < 4.78 is 5.38. The van der Waals surface area contributed by atoms with E-state index in [1.165, 1.54) is 0 Å². The molecule has 4 heteroatoms. The molecule has 0 aromatic heterocycles. The van der Waals surface area contributed by atoms with Crippen molar-refractivity contribution in [3.05, 3.63) is 24.3 Å². The second kappa shape index (κ2) is 3.35. The summed E-state index contributed by atoms with van der Waals surface area (Å²) in [7, 11) is 0. The van der Waals surface area contributed by atoms with Crippen LogP contribution in [0.5, 0.6) is 5.75 Å². The number of rotatable bonds is 3. The molecule has 1 N–H and O–H groups in total. The van der Waals surface area contributed by atoms with Gasteiger partial charge < -0.3 is 15.0 Å². The largest absolute Gasteiger partial charge is 0.471 e. The number of hydrogen-bond donors (Lipinski definition) is 1. The van der Waals surface area contributed by atoms with Crippen molar-refractivity contribution in [3.8, 4) is 5.75 Å². The molecule has 1 aromatic rings. The minimum atomic E-state index is 0.487. The van der Waals surface area contributed by atoms with Crippen LogP contribution in [0.2, 0.25) is 0 Å². The van der Waals surface area contributed by atoms with Gasteiger partial charge in [0.25, 0.3) is 0 Å². The molecule has 0 spiro atoms. The normalized spacial score (nSPS) is 13.4. The molecule has 1 heterocycles. The van der Waals surface area contributed by atoms with Gasteiger partial charge in [0, 0.05) is 0 Å². The van der Waals surface area contributed by atoms with E-state index in [1.54, 1.807) is 0 Å². The number of nitrogens with one attached hydrogen (secondary N) is 1. The maximum atomic E-state index is 10.1. The highest BCUT2D eigenvalue weighted by Gasteiger charge is 2.18. The number of hydrogen-bond acceptors (Lipinski definition) is 3. The lowest BCUT2D eigenvalue weighted by Gasteiger charge is -2.14. The Kier molecular flexibility index (Phi) is 2.04. The first kappa shape index (κ1) is 7.91. The van der Waals surface area contributed by atoms with Gasteiger partial charge in [0.2, 0.25) is 6.41 Å². The molecule has 0 aliphatic carbocycles. The topological polar surface area (TPSA) is 41.6 Å². The summed E-state index contributed by atoms with van der Waals surface area (Å²) in [5.74, 6) is 0.871. The van der Waals surface area contributed by atoms with E-state index >= 15 is 0 Å². The molecule has 2 rings (SSSR count). The Hall–Kier alpha value is -1.71. The van der Waals surface area contributed by atoms with Crippen LogP contribution in [-0.4, -0.2) is 19.8 Å². The summed E-state index contributed by atoms with van der Waals surface area (Å²) in [6.45, 7) is 0.987. The van der Waals surface area contributed by atoms with E-state index in [0.717, 1.165) is 11.4 Å². The van der Waals surface area contributed by atoms with Gasteiger partial charge >= 0.3 is 0 Å². The van der Waals surface area contributed by atoms with Crippen LogP contribution in [0.15, 0.2) is 24.3 Å². The summed E-state index contributed by atoms with van der Waals surface area (Å²) in [5.41, 5.74) is 1.02. The number of amides is 1. The molecule has 13 heavy (non-hydrogen) atoms. The number of para-hydroxylation sites is 2. The molecule has 1 aromatic carbocycles. The Morgan fingerprint density at radius 2 is 2.38 bits per heavy atom. The summed E-state index contributed by atoms with van der Waals surface area (Å²) in [4.78, 5) is 12.0. The predicted molar refractivity (Wildman–Crippen MR) is 48.5 cm³/mol. The van der Waals surface area contributed by atoms with E-state index in [4.69, 9.17) is 4.74 Å². The summed E-state index contributed by atoms with van der Waals surface area (Å²) in [6, 6.07) is 7.75. The van der Waals surface area contributed by atoms with Gasteiger partial charge in [0.05, 0.1) is 12.4 Å². The lowest BCUT2D eigenvalue weighted by atomic mass is 10.3. The molecule has 0 saturated heterocycles. The van der Waals surface area contributed by atoms with Crippen molar-refractivity contribution in [2.45, 2.75) is 0 Å². The van der Waals surface area contributed by atoms with Crippen molar-refractivity contribution in [3.63, 3.8) is 0 Å². The van der Waals surface area contributed by atoms with E-state index in [0.29, 0.717) is 19.8 Å². The van der Waals surface area contributed by atoms with Crippen molar-refractivity contribution in [2.75, 3.05) is 18.3 Å². The maximum absolute atomic E-state index is 10.1. The summed E-state index contributed by atoms with van der Waals surface area (Å²) in [6.07, 6.45) is 0.681. The van der Waals surface area contributed by atoms with Crippen molar-refractivity contribution >= 4 is 12.1 Å². The molecule has 0 fully saturated rings. The second-order valence-electron chi connectivity index (χ2n) is 2.76. The minimum absolute atomic E-state index is 0.487. The van der Waals surface area contributed by atoms with Crippen LogP contribution in [-0.2, 0) is 4.79 Å². The Balaban J connectivity index is 2.13. The summed E-state index contributed by atoms with van der Waals surface area (Å²) in [5, 5.41) is 2.60. The SMILES string of the molecule is O=CNCN1COc2ccccc21. The molecule has 1 aliphatic heterocycles. The fourth-order valence-electron chi connectivity index (χ4n) is 1.34. The van der Waals surface area contributed by atoms with Crippen molar-refractivity contribution in [1.29, 1.82) is 0 Å². The average Bonchev–Trinajstić information content (AvgIpc) is 2.58. The molecule has 0 bridgehead atoms. The van der Waals surface area contributed by atoms with E-state index < -0.39 is 0 Å². The molecular weight excluding hydrogens is 168 g/mol. The van der Waals surface area contributed by atoms with Gasteiger partial charge in [-0.25, -0.2) is 0 Å². The number of nitrogens with zero attached hydrogens (tertiary/aromatic N) is 1. The number of fused-ring (bicyclic) bond motifs is 1. The summed E-state index contributed by atoms with van der Waals surface area (Å²) >= 11 is 0. The number of anilines is 1. The van der Waals surface area contributed by atoms with Crippen LogP contribution in [0, 0.1) is 0 Å². The van der Waals surface area contributed by atoms with Gasteiger partial charge in [-0.3, -0.25) is 4.79 Å². The van der Waals surface area contributed by atoms with Gasteiger partial charge in [-0.05, 0) is 12.1 Å². The monoisotopic (exact) mass is 178 g/mol. The van der Waals surface area contributed by atoms with E-state index in [2.05, 4.69) is 5.32 Å². The van der Waals surface area contributed by atoms with Gasteiger partial charge in [-0.15, -0.1) is 0 Å². The Labute approximate surface area is 76.1 Å². The smallest absolute Gasteiger partial charge is 0.208 e. The maximum Gasteiger partial charge on any atom is 0.208 e. The third-order valence-electron chi connectivity index (χ3n) is 1.95. The Morgan fingerprint density at radius 1 is 1.54 bits per heavy atom. The average molecular weight is 178 g/mol. The van der Waals surface area contributed by atoms with Gasteiger partial charge in [-0.1, -0.05) is 12.1 Å². The highest BCUT2D eigenvalue weighted by atomic mass is 16.5. The van der Waals surface area contributed by atoms with Crippen molar-refractivity contribution < 1.29 is 9.53 Å². The Morgan fingerprint density at radius 3 is 3.23 bits per heavy atom. The van der Waals surface area contributed by atoms with Crippen molar-refractivity contribution in [1.82, 2.24) is 5.32 Å². The predicted octanol–water partition coefficient (Wildman–Crippen LogP) is 0.546. The third-order valence-corrected chi connectivity index (χ3v) is 1.95. The van der Waals surface area contributed by atoms with Crippen LogP contribution >= 0.6 is 0 Å². The highest BCUT2D eigenvalue weighted by molar-refractivity contribution is 5.61. The van der Waals surface area contributed by atoms with Gasteiger partial charge in [0.15, 0.2) is 6.73 Å². The first-order chi connectivity index (χ1) is 6.42. The molecule has 1 amide bonds. The van der Waals surface area contributed by atoms with Crippen molar-refractivity contribution in [2.24, 2.45) is 0 Å². The lowest BCUT2D eigenvalue weighted by Crippen LogP contribution is -2.32. The van der Waals surface area contributed by atoms with E-state index in [-0.39, 0.29) is 0 Å². The first-order valence-electron chi connectivity index (χ1n) is 4.05. The fraction of sp³-hybridized carbons (Fsp3) is 0.222. The first-order valence-corrected chi connectivity index (χ1v) is 4.05. The standard InChI is InChI=1S/C9H10N2O2/c12-6-10-5-11-7-13-9-4-2-1-3-8(9)11/h1-4,6H,5,7H2,(H,10,12). The molecule has 4 nitrogen and oxygen atoms in total. The number of benzene rings is 1. The van der Waals surface area contributed by atoms with Crippen LogP contribution < -0.4 is 15.0 Å². The molecule has 0 radical (unpaired) electrons. The van der Waals surface area contributed by atoms with E-state index in [9.17, 15) is 4.79 Å². The van der Waals surface area contributed by atoms with Crippen LogP contribution in [0.3, 0.4) is 0 Å².